The van der Waals surface area contributed by atoms with Gasteiger partial charge in [0.25, 0.3) is 0 Å². The Morgan fingerprint density at radius 3 is 2.45 bits per heavy atom. The molecule has 0 aliphatic rings. The first-order valence-electron chi connectivity index (χ1n) is 6.19. The van der Waals surface area contributed by atoms with Crippen molar-refractivity contribution in [2.75, 3.05) is 13.7 Å². The standard InChI is InChI=1S/C16H15FO3/c1-19-14-8-6-12(7-9-14)16(18)11-20-10-13-4-2-3-5-15(13)17/h2-9H,10-11H2,1H3. The predicted molar refractivity (Wildman–Crippen MR) is 73.4 cm³/mol. The number of carbonyl (C=O) groups is 1. The van der Waals surface area contributed by atoms with Crippen molar-refractivity contribution < 1.29 is 18.7 Å². The minimum atomic E-state index is -0.329. The monoisotopic (exact) mass is 274 g/mol. The quantitative estimate of drug-likeness (QED) is 0.759. The average Bonchev–Trinajstić information content (AvgIpc) is 2.49. The molecule has 3 nitrogen and oxygen atoms in total. The van der Waals surface area contributed by atoms with E-state index in [4.69, 9.17) is 9.47 Å². The Morgan fingerprint density at radius 1 is 1.10 bits per heavy atom. The molecule has 0 heterocycles. The van der Waals surface area contributed by atoms with Gasteiger partial charge in [0.15, 0.2) is 5.78 Å². The Balaban J connectivity index is 1.87. The van der Waals surface area contributed by atoms with Gasteiger partial charge in [0.05, 0.1) is 13.7 Å². The Kier molecular flexibility index (Phi) is 4.85. The molecule has 0 aromatic heterocycles. The van der Waals surface area contributed by atoms with Gasteiger partial charge in [0.1, 0.15) is 18.2 Å². The van der Waals surface area contributed by atoms with Crippen molar-refractivity contribution in [3.05, 3.63) is 65.5 Å². The van der Waals surface area contributed by atoms with E-state index in [9.17, 15) is 9.18 Å². The fourth-order valence-electron chi connectivity index (χ4n) is 1.73. The fourth-order valence-corrected chi connectivity index (χ4v) is 1.73. The Bertz CT molecular complexity index is 579. The number of halogens is 1. The van der Waals surface area contributed by atoms with Crippen LogP contribution in [0.4, 0.5) is 4.39 Å². The van der Waals surface area contributed by atoms with E-state index in [1.54, 1.807) is 49.6 Å². The first-order valence-corrected chi connectivity index (χ1v) is 6.19. The summed E-state index contributed by atoms with van der Waals surface area (Å²) in [7, 11) is 1.56. The number of benzene rings is 2. The summed E-state index contributed by atoms with van der Waals surface area (Å²) in [5.74, 6) is 0.210. The summed E-state index contributed by atoms with van der Waals surface area (Å²) in [6, 6.07) is 13.1. The number of hydrogen-bond donors (Lipinski definition) is 0. The van der Waals surface area contributed by atoms with Crippen LogP contribution in [0.3, 0.4) is 0 Å². The molecule has 104 valence electrons. The van der Waals surface area contributed by atoms with Crippen LogP contribution in [0.2, 0.25) is 0 Å². The minimum Gasteiger partial charge on any atom is -0.497 e. The first kappa shape index (κ1) is 14.2. The van der Waals surface area contributed by atoms with Gasteiger partial charge in [-0.3, -0.25) is 4.79 Å². The number of ether oxygens (including phenoxy) is 2. The molecule has 4 heteroatoms. The van der Waals surface area contributed by atoms with Crippen LogP contribution in [0.1, 0.15) is 15.9 Å². The maximum Gasteiger partial charge on any atom is 0.188 e. The van der Waals surface area contributed by atoms with Crippen molar-refractivity contribution in [2.45, 2.75) is 6.61 Å². The summed E-state index contributed by atoms with van der Waals surface area (Å²) < 4.78 is 23.6. The molecule has 0 aliphatic heterocycles. The number of Topliss-reactive ketones (excluding diaryl/α,β-unsaturated/α-hetero) is 1. The molecule has 0 bridgehead atoms. The molecule has 0 amide bonds. The fraction of sp³-hybridized carbons (Fsp3) is 0.188. The van der Waals surface area contributed by atoms with E-state index in [-0.39, 0.29) is 24.8 Å². The largest absolute Gasteiger partial charge is 0.497 e. The number of carbonyl (C=O) groups excluding carboxylic acids is 1. The summed E-state index contributed by atoms with van der Waals surface area (Å²) in [4.78, 5) is 11.9. The van der Waals surface area contributed by atoms with Gasteiger partial charge in [-0.25, -0.2) is 4.39 Å². The van der Waals surface area contributed by atoms with Crippen molar-refractivity contribution in [2.24, 2.45) is 0 Å². The van der Waals surface area contributed by atoms with Crippen LogP contribution >= 0.6 is 0 Å². The van der Waals surface area contributed by atoms with Gasteiger partial charge in [-0.1, -0.05) is 18.2 Å². The molecule has 0 radical (unpaired) electrons. The van der Waals surface area contributed by atoms with Gasteiger partial charge in [0.2, 0.25) is 0 Å². The summed E-state index contributed by atoms with van der Waals surface area (Å²) in [5, 5.41) is 0. The Labute approximate surface area is 117 Å². The van der Waals surface area contributed by atoms with Crippen molar-refractivity contribution in [3.63, 3.8) is 0 Å². The van der Waals surface area contributed by atoms with E-state index < -0.39 is 0 Å². The first-order chi connectivity index (χ1) is 9.70. The average molecular weight is 274 g/mol. The number of methoxy groups -OCH3 is 1. The number of ketones is 1. The highest BCUT2D eigenvalue weighted by atomic mass is 19.1. The molecule has 0 atom stereocenters. The van der Waals surface area contributed by atoms with E-state index in [1.165, 1.54) is 6.07 Å². The zero-order valence-electron chi connectivity index (χ0n) is 11.1. The van der Waals surface area contributed by atoms with Gasteiger partial charge >= 0.3 is 0 Å². The molecule has 0 fully saturated rings. The van der Waals surface area contributed by atoms with Gasteiger partial charge < -0.3 is 9.47 Å². The van der Waals surface area contributed by atoms with Crippen LogP contribution < -0.4 is 4.74 Å². The lowest BCUT2D eigenvalue weighted by Gasteiger charge is -2.05. The summed E-state index contributed by atoms with van der Waals surface area (Å²) in [5.41, 5.74) is 0.981. The molecule has 0 saturated heterocycles. The van der Waals surface area contributed by atoms with Crippen LogP contribution in [0.15, 0.2) is 48.5 Å². The molecule has 2 aromatic rings. The number of rotatable bonds is 6. The van der Waals surface area contributed by atoms with Crippen molar-refractivity contribution in [1.82, 2.24) is 0 Å². The zero-order valence-corrected chi connectivity index (χ0v) is 11.1. The van der Waals surface area contributed by atoms with Gasteiger partial charge in [0, 0.05) is 11.1 Å². The van der Waals surface area contributed by atoms with E-state index >= 15 is 0 Å². The summed E-state index contributed by atoms with van der Waals surface area (Å²) >= 11 is 0. The van der Waals surface area contributed by atoms with Crippen LogP contribution in [0, 0.1) is 5.82 Å². The summed E-state index contributed by atoms with van der Waals surface area (Å²) in [6.07, 6.45) is 0. The Hall–Kier alpha value is -2.20. The molecular formula is C16H15FO3. The van der Waals surface area contributed by atoms with E-state index in [0.29, 0.717) is 16.9 Å². The molecule has 0 aliphatic carbocycles. The normalized spacial score (nSPS) is 10.3. The maximum atomic E-state index is 13.3. The zero-order chi connectivity index (χ0) is 14.4. The summed E-state index contributed by atoms with van der Waals surface area (Å²) in [6.45, 7) is -0.00473. The van der Waals surface area contributed by atoms with Crippen molar-refractivity contribution in [1.29, 1.82) is 0 Å². The molecule has 0 N–H and O–H groups in total. The topological polar surface area (TPSA) is 35.5 Å². The van der Waals surface area contributed by atoms with Crippen molar-refractivity contribution >= 4 is 5.78 Å². The van der Waals surface area contributed by atoms with Crippen LogP contribution in [0.5, 0.6) is 5.75 Å². The molecule has 0 saturated carbocycles. The predicted octanol–water partition coefficient (Wildman–Crippen LogP) is 3.23. The highest BCUT2D eigenvalue weighted by Crippen LogP contribution is 2.12. The molecule has 2 rings (SSSR count). The van der Waals surface area contributed by atoms with E-state index in [2.05, 4.69) is 0 Å². The third-order valence-electron chi connectivity index (χ3n) is 2.86. The van der Waals surface area contributed by atoms with Gasteiger partial charge in [-0.05, 0) is 30.3 Å². The second-order valence-corrected chi connectivity index (χ2v) is 4.24. The van der Waals surface area contributed by atoms with Gasteiger partial charge in [-0.15, -0.1) is 0 Å². The minimum absolute atomic E-state index is 0.0779. The lowest BCUT2D eigenvalue weighted by Crippen LogP contribution is -2.09. The highest BCUT2D eigenvalue weighted by molar-refractivity contribution is 5.97. The highest BCUT2D eigenvalue weighted by Gasteiger charge is 2.07. The molecule has 0 spiro atoms. The second kappa shape index (κ2) is 6.82. The van der Waals surface area contributed by atoms with Crippen LogP contribution in [0.25, 0.3) is 0 Å². The maximum absolute atomic E-state index is 13.3. The molecule has 0 unspecified atom stereocenters. The lowest BCUT2D eigenvalue weighted by atomic mass is 10.1. The number of hydrogen-bond acceptors (Lipinski definition) is 3. The van der Waals surface area contributed by atoms with Crippen LogP contribution in [-0.4, -0.2) is 19.5 Å². The Morgan fingerprint density at radius 2 is 1.80 bits per heavy atom. The molecular weight excluding hydrogens is 259 g/mol. The third-order valence-corrected chi connectivity index (χ3v) is 2.86. The van der Waals surface area contributed by atoms with Crippen molar-refractivity contribution in [3.8, 4) is 5.75 Å². The molecule has 20 heavy (non-hydrogen) atoms. The van der Waals surface area contributed by atoms with E-state index in [1.807, 2.05) is 0 Å². The lowest BCUT2D eigenvalue weighted by molar-refractivity contribution is 0.0721. The SMILES string of the molecule is COc1ccc(C(=O)COCc2ccccc2F)cc1. The smallest absolute Gasteiger partial charge is 0.188 e. The van der Waals surface area contributed by atoms with Crippen LogP contribution in [-0.2, 0) is 11.3 Å². The van der Waals surface area contributed by atoms with E-state index in [0.717, 1.165) is 0 Å². The third kappa shape index (κ3) is 3.65. The second-order valence-electron chi connectivity index (χ2n) is 4.24. The molecule has 2 aromatic carbocycles. The van der Waals surface area contributed by atoms with Gasteiger partial charge in [-0.2, -0.15) is 0 Å².